The fraction of sp³-hybridized carbons (Fsp3) is 0.583. The summed E-state index contributed by atoms with van der Waals surface area (Å²) in [6.45, 7) is 5.24. The van der Waals surface area contributed by atoms with Gasteiger partial charge >= 0.3 is 0 Å². The number of nitrogens with two attached hydrogens (primary N) is 1. The van der Waals surface area contributed by atoms with Crippen molar-refractivity contribution >= 4 is 17.2 Å². The van der Waals surface area contributed by atoms with Crippen LogP contribution in [0, 0.1) is 0 Å². The lowest BCUT2D eigenvalue weighted by Crippen LogP contribution is -2.48. The van der Waals surface area contributed by atoms with Gasteiger partial charge in [0.25, 0.3) is 0 Å². The van der Waals surface area contributed by atoms with Crippen molar-refractivity contribution in [1.29, 1.82) is 0 Å². The van der Waals surface area contributed by atoms with E-state index in [0.717, 1.165) is 19.4 Å². The lowest BCUT2D eigenvalue weighted by molar-refractivity contribution is 0.164. The number of amidine groups is 1. The van der Waals surface area contributed by atoms with Crippen LogP contribution in [0.25, 0.3) is 0 Å². The van der Waals surface area contributed by atoms with Crippen LogP contribution < -0.4 is 5.73 Å². The molecule has 94 valence electrons. The van der Waals surface area contributed by atoms with E-state index in [1.54, 1.807) is 0 Å². The third-order valence-corrected chi connectivity index (χ3v) is 4.56. The highest BCUT2D eigenvalue weighted by Crippen LogP contribution is 2.34. The topological polar surface area (TPSA) is 61.9 Å². The van der Waals surface area contributed by atoms with Gasteiger partial charge in [-0.25, -0.2) is 0 Å². The molecule has 2 heterocycles. The summed E-state index contributed by atoms with van der Waals surface area (Å²) < 4.78 is 0. The molecular weight excluding hydrogens is 234 g/mol. The van der Waals surface area contributed by atoms with Crippen LogP contribution in [-0.4, -0.2) is 28.5 Å². The predicted molar refractivity (Wildman–Crippen MR) is 70.6 cm³/mol. The van der Waals surface area contributed by atoms with Gasteiger partial charge in [0.15, 0.2) is 5.84 Å². The Morgan fingerprint density at radius 1 is 1.76 bits per heavy atom. The number of oxime groups is 1. The van der Waals surface area contributed by atoms with E-state index in [1.165, 1.54) is 10.4 Å². The van der Waals surface area contributed by atoms with Gasteiger partial charge in [-0.1, -0.05) is 12.1 Å². The van der Waals surface area contributed by atoms with Crippen molar-refractivity contribution in [2.45, 2.75) is 38.8 Å². The van der Waals surface area contributed by atoms with E-state index in [0.29, 0.717) is 11.9 Å². The normalized spacial score (nSPS) is 23.4. The zero-order valence-corrected chi connectivity index (χ0v) is 11.1. The Morgan fingerprint density at radius 3 is 3.18 bits per heavy atom. The zero-order chi connectivity index (χ0) is 12.4. The van der Waals surface area contributed by atoms with E-state index >= 15 is 0 Å². The van der Waals surface area contributed by atoms with Crippen LogP contribution >= 0.6 is 11.3 Å². The van der Waals surface area contributed by atoms with Crippen LogP contribution in [0.15, 0.2) is 16.6 Å². The molecule has 0 aliphatic carbocycles. The molecule has 4 nitrogen and oxygen atoms in total. The largest absolute Gasteiger partial charge is 0.409 e. The number of rotatable bonds is 3. The molecule has 17 heavy (non-hydrogen) atoms. The van der Waals surface area contributed by atoms with Crippen LogP contribution in [0.3, 0.4) is 0 Å². The minimum absolute atomic E-state index is 0.0306. The van der Waals surface area contributed by atoms with Gasteiger partial charge in [-0.15, -0.1) is 11.3 Å². The predicted octanol–water partition coefficient (Wildman–Crippen LogP) is 2.19. The molecule has 0 amide bonds. The van der Waals surface area contributed by atoms with E-state index in [2.05, 4.69) is 35.3 Å². The van der Waals surface area contributed by atoms with Gasteiger partial charge in [0, 0.05) is 17.5 Å². The maximum atomic E-state index is 8.85. The van der Waals surface area contributed by atoms with Crippen LogP contribution in [-0.2, 0) is 6.42 Å². The molecule has 2 rings (SSSR count). The average Bonchev–Trinajstić information content (AvgIpc) is 2.81. The van der Waals surface area contributed by atoms with Crippen molar-refractivity contribution in [3.63, 3.8) is 0 Å². The highest BCUT2D eigenvalue weighted by molar-refractivity contribution is 7.10. The highest BCUT2D eigenvalue weighted by atomic mass is 32.1. The molecule has 0 saturated heterocycles. The van der Waals surface area contributed by atoms with Crippen molar-refractivity contribution in [3.8, 4) is 0 Å². The Labute approximate surface area is 106 Å². The Kier molecular flexibility index (Phi) is 3.69. The first-order valence-corrected chi connectivity index (χ1v) is 6.86. The molecule has 1 aliphatic heterocycles. The third kappa shape index (κ3) is 2.17. The number of fused-ring (bicyclic) bond motifs is 1. The Balaban J connectivity index is 2.24. The number of thiophene rings is 1. The molecule has 0 spiro atoms. The van der Waals surface area contributed by atoms with Crippen LogP contribution in [0.1, 0.15) is 36.8 Å². The number of hydrogen-bond acceptors (Lipinski definition) is 4. The van der Waals surface area contributed by atoms with Crippen molar-refractivity contribution in [1.82, 2.24) is 4.90 Å². The van der Waals surface area contributed by atoms with Gasteiger partial charge < -0.3 is 10.9 Å². The monoisotopic (exact) mass is 253 g/mol. The lowest BCUT2D eigenvalue weighted by atomic mass is 9.98. The molecule has 0 bridgehead atoms. The molecule has 0 radical (unpaired) electrons. The van der Waals surface area contributed by atoms with Crippen LogP contribution in [0.5, 0.6) is 0 Å². The van der Waals surface area contributed by atoms with Gasteiger partial charge in [0.05, 0.1) is 6.04 Å². The summed E-state index contributed by atoms with van der Waals surface area (Å²) in [7, 11) is 0. The van der Waals surface area contributed by atoms with Crippen molar-refractivity contribution in [2.24, 2.45) is 10.9 Å². The summed E-state index contributed by atoms with van der Waals surface area (Å²) in [4.78, 5) is 3.80. The molecule has 1 aromatic rings. The third-order valence-electron chi connectivity index (χ3n) is 3.57. The van der Waals surface area contributed by atoms with Gasteiger partial charge in [-0.2, -0.15) is 0 Å². The fourth-order valence-electron chi connectivity index (χ4n) is 2.63. The van der Waals surface area contributed by atoms with E-state index in [9.17, 15) is 0 Å². The summed E-state index contributed by atoms with van der Waals surface area (Å²) in [5.41, 5.74) is 7.17. The maximum Gasteiger partial charge on any atom is 0.156 e. The second kappa shape index (κ2) is 5.06. The van der Waals surface area contributed by atoms with Gasteiger partial charge in [0.2, 0.25) is 0 Å². The first-order valence-electron chi connectivity index (χ1n) is 5.98. The highest BCUT2D eigenvalue weighted by Gasteiger charge is 2.31. The molecule has 3 N–H and O–H groups in total. The quantitative estimate of drug-likeness (QED) is 0.376. The molecular formula is C12H19N3OS. The van der Waals surface area contributed by atoms with Crippen molar-refractivity contribution in [3.05, 3.63) is 21.9 Å². The fourth-order valence-corrected chi connectivity index (χ4v) is 3.60. The van der Waals surface area contributed by atoms with E-state index in [-0.39, 0.29) is 6.04 Å². The van der Waals surface area contributed by atoms with Crippen molar-refractivity contribution in [2.75, 3.05) is 6.54 Å². The smallest absolute Gasteiger partial charge is 0.156 e. The molecule has 2 unspecified atom stereocenters. The summed E-state index contributed by atoms with van der Waals surface area (Å²) in [5, 5.41) is 14.2. The zero-order valence-electron chi connectivity index (χ0n) is 10.3. The SMILES string of the molecule is CCC(C(N)=NO)N1CCc2sccc2C1C. The molecule has 5 heteroatoms. The molecule has 1 aliphatic rings. The average molecular weight is 253 g/mol. The van der Waals surface area contributed by atoms with E-state index in [1.807, 2.05) is 11.3 Å². The second-order valence-electron chi connectivity index (χ2n) is 4.41. The molecule has 2 atom stereocenters. The Hall–Kier alpha value is -1.07. The van der Waals surface area contributed by atoms with Gasteiger partial charge in [-0.3, -0.25) is 4.90 Å². The van der Waals surface area contributed by atoms with Crippen LogP contribution in [0.2, 0.25) is 0 Å². The molecule has 0 saturated carbocycles. The summed E-state index contributed by atoms with van der Waals surface area (Å²) in [6.07, 6.45) is 1.92. The van der Waals surface area contributed by atoms with Gasteiger partial charge in [-0.05, 0) is 36.8 Å². The summed E-state index contributed by atoms with van der Waals surface area (Å²) >= 11 is 1.83. The van der Waals surface area contributed by atoms with E-state index in [4.69, 9.17) is 10.9 Å². The molecule has 1 aromatic heterocycles. The maximum absolute atomic E-state index is 8.85. The first kappa shape index (κ1) is 12.4. The lowest BCUT2D eigenvalue weighted by Gasteiger charge is -2.38. The van der Waals surface area contributed by atoms with E-state index < -0.39 is 0 Å². The van der Waals surface area contributed by atoms with Crippen molar-refractivity contribution < 1.29 is 5.21 Å². The molecule has 0 fully saturated rings. The van der Waals surface area contributed by atoms with Crippen LogP contribution in [0.4, 0.5) is 0 Å². The standard InChI is InChI=1S/C12H19N3OS/c1-3-10(12(13)14-16)15-6-4-11-9(8(15)2)5-7-17-11/h5,7-8,10,16H,3-4,6H2,1-2H3,(H2,13,14). The number of nitrogens with zero attached hydrogens (tertiary/aromatic N) is 2. The Bertz CT molecular complexity index is 416. The van der Waals surface area contributed by atoms with Gasteiger partial charge in [0.1, 0.15) is 0 Å². The minimum atomic E-state index is 0.0306. The summed E-state index contributed by atoms with van der Waals surface area (Å²) in [5.74, 6) is 0.318. The Morgan fingerprint density at radius 2 is 2.53 bits per heavy atom. The molecule has 0 aromatic carbocycles. The second-order valence-corrected chi connectivity index (χ2v) is 5.41. The number of hydrogen-bond donors (Lipinski definition) is 2. The first-order chi connectivity index (χ1) is 8.19. The summed E-state index contributed by atoms with van der Waals surface area (Å²) in [6, 6.07) is 2.56. The minimum Gasteiger partial charge on any atom is -0.409 e.